The standard InChI is InChI=1S/C16H19N3O3S/c1-3-22-19-13(2)15-4-6-16(7-5-15)23(20,21)18-12-14-8-10-17-11-9-14/h4-11,18-19H,2-3,12H2,1H3. The summed E-state index contributed by atoms with van der Waals surface area (Å²) in [6.45, 7) is 6.39. The lowest BCUT2D eigenvalue weighted by Gasteiger charge is -2.10. The topological polar surface area (TPSA) is 80.3 Å². The van der Waals surface area contributed by atoms with E-state index in [0.29, 0.717) is 12.3 Å². The normalized spacial score (nSPS) is 11.2. The van der Waals surface area contributed by atoms with Gasteiger partial charge in [-0.2, -0.15) is 0 Å². The maximum Gasteiger partial charge on any atom is 0.240 e. The summed E-state index contributed by atoms with van der Waals surface area (Å²) in [5.41, 5.74) is 4.86. The summed E-state index contributed by atoms with van der Waals surface area (Å²) in [5.74, 6) is 0. The van der Waals surface area contributed by atoms with E-state index in [4.69, 9.17) is 4.84 Å². The number of nitrogens with one attached hydrogen (secondary N) is 2. The van der Waals surface area contributed by atoms with Crippen molar-refractivity contribution in [3.05, 3.63) is 66.5 Å². The average Bonchev–Trinajstić information content (AvgIpc) is 2.59. The molecule has 6 nitrogen and oxygen atoms in total. The second-order valence-electron chi connectivity index (χ2n) is 4.72. The van der Waals surface area contributed by atoms with Crippen LogP contribution in [0.3, 0.4) is 0 Å². The van der Waals surface area contributed by atoms with Gasteiger partial charge in [0, 0.05) is 18.9 Å². The van der Waals surface area contributed by atoms with Gasteiger partial charge in [-0.3, -0.25) is 15.3 Å². The van der Waals surface area contributed by atoms with Crippen molar-refractivity contribution in [2.45, 2.75) is 18.4 Å². The molecule has 0 saturated carbocycles. The molecule has 1 aromatic carbocycles. The quantitative estimate of drug-likeness (QED) is 0.723. The third-order valence-corrected chi connectivity index (χ3v) is 4.49. The molecule has 0 atom stereocenters. The number of nitrogens with zero attached hydrogens (tertiary/aromatic N) is 1. The Bertz CT molecular complexity index is 744. The van der Waals surface area contributed by atoms with Crippen molar-refractivity contribution in [1.82, 2.24) is 15.2 Å². The predicted octanol–water partition coefficient (Wildman–Crippen LogP) is 2.07. The molecule has 7 heteroatoms. The number of benzene rings is 1. The van der Waals surface area contributed by atoms with Crippen molar-refractivity contribution in [2.24, 2.45) is 0 Å². The van der Waals surface area contributed by atoms with E-state index >= 15 is 0 Å². The van der Waals surface area contributed by atoms with E-state index < -0.39 is 10.0 Å². The highest BCUT2D eigenvalue weighted by Crippen LogP contribution is 2.15. The van der Waals surface area contributed by atoms with Gasteiger partial charge in [-0.05, 0) is 42.3 Å². The predicted molar refractivity (Wildman–Crippen MR) is 88.5 cm³/mol. The van der Waals surface area contributed by atoms with E-state index in [-0.39, 0.29) is 11.4 Å². The molecule has 0 unspecified atom stereocenters. The Labute approximate surface area is 136 Å². The summed E-state index contributed by atoms with van der Waals surface area (Å²) >= 11 is 0. The summed E-state index contributed by atoms with van der Waals surface area (Å²) in [6, 6.07) is 9.93. The van der Waals surface area contributed by atoms with E-state index in [9.17, 15) is 8.42 Å². The third kappa shape index (κ3) is 4.88. The highest BCUT2D eigenvalue weighted by atomic mass is 32.2. The second-order valence-corrected chi connectivity index (χ2v) is 6.48. The van der Waals surface area contributed by atoms with Gasteiger partial charge < -0.3 is 0 Å². The average molecular weight is 333 g/mol. The Morgan fingerprint density at radius 2 is 1.83 bits per heavy atom. The minimum absolute atomic E-state index is 0.194. The number of pyridine rings is 1. The SMILES string of the molecule is C=C(NOCC)c1ccc(S(=O)(=O)NCc2ccncc2)cc1. The maximum atomic E-state index is 12.3. The number of sulfonamides is 1. The molecular formula is C16H19N3O3S. The van der Waals surface area contributed by atoms with Crippen LogP contribution in [0.5, 0.6) is 0 Å². The minimum Gasteiger partial charge on any atom is -0.276 e. The molecule has 2 N–H and O–H groups in total. The fourth-order valence-corrected chi connectivity index (χ4v) is 2.83. The van der Waals surface area contributed by atoms with Gasteiger partial charge in [0.2, 0.25) is 10.0 Å². The molecule has 0 saturated heterocycles. The largest absolute Gasteiger partial charge is 0.276 e. The molecule has 0 spiro atoms. The van der Waals surface area contributed by atoms with Crippen LogP contribution in [0.2, 0.25) is 0 Å². The fourth-order valence-electron chi connectivity index (χ4n) is 1.82. The smallest absolute Gasteiger partial charge is 0.240 e. The number of rotatable bonds is 8. The summed E-state index contributed by atoms with van der Waals surface area (Å²) in [6.07, 6.45) is 3.24. The van der Waals surface area contributed by atoms with Crippen LogP contribution in [0, 0.1) is 0 Å². The van der Waals surface area contributed by atoms with Gasteiger partial charge in [0.1, 0.15) is 0 Å². The van der Waals surface area contributed by atoms with Crippen LogP contribution in [0.25, 0.3) is 5.70 Å². The second kappa shape index (κ2) is 7.87. The molecule has 2 aromatic rings. The zero-order valence-corrected chi connectivity index (χ0v) is 13.6. The molecule has 0 aliphatic carbocycles. The van der Waals surface area contributed by atoms with Gasteiger partial charge in [-0.1, -0.05) is 18.7 Å². The van der Waals surface area contributed by atoms with Crippen LogP contribution in [-0.4, -0.2) is 20.0 Å². The van der Waals surface area contributed by atoms with Crippen LogP contribution in [0.4, 0.5) is 0 Å². The molecule has 1 aromatic heterocycles. The maximum absolute atomic E-state index is 12.3. The highest BCUT2D eigenvalue weighted by molar-refractivity contribution is 7.89. The molecule has 0 aliphatic rings. The zero-order valence-electron chi connectivity index (χ0n) is 12.8. The summed E-state index contributed by atoms with van der Waals surface area (Å²) < 4.78 is 27.1. The van der Waals surface area contributed by atoms with Crippen molar-refractivity contribution in [2.75, 3.05) is 6.61 Å². The molecular weight excluding hydrogens is 314 g/mol. The lowest BCUT2D eigenvalue weighted by atomic mass is 10.2. The third-order valence-electron chi connectivity index (χ3n) is 3.07. The van der Waals surface area contributed by atoms with Crippen LogP contribution >= 0.6 is 0 Å². The van der Waals surface area contributed by atoms with E-state index in [1.54, 1.807) is 36.7 Å². The molecule has 1 heterocycles. The Morgan fingerprint density at radius 3 is 2.43 bits per heavy atom. The Balaban J connectivity index is 2.04. The van der Waals surface area contributed by atoms with Crippen LogP contribution in [-0.2, 0) is 21.4 Å². The van der Waals surface area contributed by atoms with Crippen LogP contribution in [0.1, 0.15) is 18.1 Å². The molecule has 122 valence electrons. The van der Waals surface area contributed by atoms with Gasteiger partial charge >= 0.3 is 0 Å². The van der Waals surface area contributed by atoms with Crippen molar-refractivity contribution >= 4 is 15.7 Å². The first-order valence-electron chi connectivity index (χ1n) is 7.08. The Morgan fingerprint density at radius 1 is 1.17 bits per heavy atom. The van der Waals surface area contributed by atoms with E-state index in [1.165, 1.54) is 12.1 Å². The van der Waals surface area contributed by atoms with Gasteiger partial charge in [0.15, 0.2) is 0 Å². The first kappa shape index (κ1) is 17.1. The van der Waals surface area contributed by atoms with E-state index in [0.717, 1.165) is 11.1 Å². The lowest BCUT2D eigenvalue weighted by molar-refractivity contribution is 0.0901. The minimum atomic E-state index is -3.57. The lowest BCUT2D eigenvalue weighted by Crippen LogP contribution is -2.23. The Hall–Kier alpha value is -2.22. The van der Waals surface area contributed by atoms with E-state index in [1.807, 2.05) is 6.92 Å². The fraction of sp³-hybridized carbons (Fsp3) is 0.188. The van der Waals surface area contributed by atoms with Gasteiger partial charge in [0.25, 0.3) is 0 Å². The summed E-state index contributed by atoms with van der Waals surface area (Å²) in [5, 5.41) is 0. The Kier molecular flexibility index (Phi) is 5.86. The molecule has 0 bridgehead atoms. The zero-order chi connectivity index (χ0) is 16.7. The van der Waals surface area contributed by atoms with Gasteiger partial charge in [0.05, 0.1) is 17.2 Å². The molecule has 2 rings (SSSR count). The molecule has 0 radical (unpaired) electrons. The molecule has 0 fully saturated rings. The molecule has 0 amide bonds. The van der Waals surface area contributed by atoms with Gasteiger partial charge in [-0.25, -0.2) is 13.1 Å². The van der Waals surface area contributed by atoms with E-state index in [2.05, 4.69) is 21.8 Å². The van der Waals surface area contributed by atoms with Crippen molar-refractivity contribution in [3.63, 3.8) is 0 Å². The number of hydroxylamine groups is 1. The molecule has 0 aliphatic heterocycles. The van der Waals surface area contributed by atoms with Crippen LogP contribution < -0.4 is 10.2 Å². The first-order chi connectivity index (χ1) is 11.0. The van der Waals surface area contributed by atoms with Crippen molar-refractivity contribution in [1.29, 1.82) is 0 Å². The van der Waals surface area contributed by atoms with Crippen molar-refractivity contribution < 1.29 is 13.3 Å². The number of hydrogen-bond donors (Lipinski definition) is 2. The summed E-state index contributed by atoms with van der Waals surface area (Å²) in [4.78, 5) is 9.14. The van der Waals surface area contributed by atoms with Gasteiger partial charge in [-0.15, -0.1) is 0 Å². The highest BCUT2D eigenvalue weighted by Gasteiger charge is 2.13. The number of aromatic nitrogens is 1. The number of hydrogen-bond acceptors (Lipinski definition) is 5. The van der Waals surface area contributed by atoms with Crippen LogP contribution in [0.15, 0.2) is 60.3 Å². The van der Waals surface area contributed by atoms with Crippen molar-refractivity contribution in [3.8, 4) is 0 Å². The summed E-state index contributed by atoms with van der Waals surface area (Å²) in [7, 11) is -3.57. The first-order valence-corrected chi connectivity index (χ1v) is 8.57. The molecule has 23 heavy (non-hydrogen) atoms. The monoisotopic (exact) mass is 333 g/mol.